The van der Waals surface area contributed by atoms with Gasteiger partial charge in [-0.25, -0.2) is 9.13 Å². The SMILES string of the molecule is CC/C=C\C/C=C\C/C=C\C/C=C\C/C=C\CCCCCC(=O)OC[C@H](COP(=O)(O)OC[C@@H](O)COP(=O)(O)OC[C@@H](COC(=O)CCCCCCCCC/C=C\CCCCCC)OC(=O)CCCCCCCCC/C=C\CCCCCC)OC(=O)CCCCCCCCC/C=C\CCCCCC. The van der Waals surface area contributed by atoms with Crippen molar-refractivity contribution in [3.63, 3.8) is 0 Å². The Morgan fingerprint density at radius 1 is 0.279 bits per heavy atom. The van der Waals surface area contributed by atoms with E-state index in [9.17, 15) is 43.2 Å². The molecule has 19 heteroatoms. The molecule has 602 valence electrons. The molecule has 0 saturated heterocycles. The maximum atomic E-state index is 13.1. The van der Waals surface area contributed by atoms with E-state index in [0.717, 1.165) is 193 Å². The maximum absolute atomic E-state index is 13.1. The van der Waals surface area contributed by atoms with E-state index in [-0.39, 0.29) is 25.7 Å². The smallest absolute Gasteiger partial charge is 0.462 e. The Hall–Kier alpha value is -4.02. The van der Waals surface area contributed by atoms with Crippen molar-refractivity contribution in [2.45, 2.75) is 380 Å². The number of allylic oxidation sites excluding steroid dienone is 16. The summed E-state index contributed by atoms with van der Waals surface area (Å²) in [6, 6.07) is 0. The van der Waals surface area contributed by atoms with Crippen LogP contribution in [0.15, 0.2) is 97.2 Å². The lowest BCUT2D eigenvalue weighted by molar-refractivity contribution is -0.161. The predicted octanol–water partition coefficient (Wildman–Crippen LogP) is 24.3. The van der Waals surface area contributed by atoms with Crippen molar-refractivity contribution < 1.29 is 80.2 Å². The summed E-state index contributed by atoms with van der Waals surface area (Å²) in [6.07, 6.45) is 82.2. The summed E-state index contributed by atoms with van der Waals surface area (Å²) in [4.78, 5) is 73.1. The average Bonchev–Trinajstić information content (AvgIpc) is 0.918. The molecule has 2 unspecified atom stereocenters. The molecular formula is C85H150O17P2. The number of aliphatic hydroxyl groups is 1. The Labute approximate surface area is 633 Å². The van der Waals surface area contributed by atoms with Crippen molar-refractivity contribution in [2.24, 2.45) is 0 Å². The Balaban J connectivity index is 5.38. The highest BCUT2D eigenvalue weighted by Gasteiger charge is 2.30. The minimum atomic E-state index is -4.99. The summed E-state index contributed by atoms with van der Waals surface area (Å²) in [5.41, 5.74) is 0. The zero-order chi connectivity index (χ0) is 76.0. The third-order valence-corrected chi connectivity index (χ3v) is 19.4. The van der Waals surface area contributed by atoms with Gasteiger partial charge in [0.25, 0.3) is 0 Å². The largest absolute Gasteiger partial charge is 0.472 e. The minimum absolute atomic E-state index is 0.0827. The van der Waals surface area contributed by atoms with Crippen LogP contribution in [0.5, 0.6) is 0 Å². The van der Waals surface area contributed by atoms with Gasteiger partial charge in [0.1, 0.15) is 19.3 Å². The molecule has 0 aliphatic carbocycles. The number of hydrogen-bond acceptors (Lipinski definition) is 15. The lowest BCUT2D eigenvalue weighted by Gasteiger charge is -2.21. The highest BCUT2D eigenvalue weighted by molar-refractivity contribution is 7.47. The second kappa shape index (κ2) is 77.1. The number of aliphatic hydroxyl groups excluding tert-OH is 1. The Morgan fingerprint density at radius 2 is 0.500 bits per heavy atom. The summed E-state index contributed by atoms with van der Waals surface area (Å²) in [5.74, 6) is -2.20. The molecule has 0 aliphatic heterocycles. The minimum Gasteiger partial charge on any atom is -0.462 e. The zero-order valence-electron chi connectivity index (χ0n) is 65.9. The summed E-state index contributed by atoms with van der Waals surface area (Å²) < 4.78 is 68.7. The molecule has 0 spiro atoms. The van der Waals surface area contributed by atoms with E-state index in [4.69, 9.17) is 37.0 Å². The van der Waals surface area contributed by atoms with E-state index in [1.807, 2.05) is 0 Å². The molecule has 0 aromatic heterocycles. The summed E-state index contributed by atoms with van der Waals surface area (Å²) in [5, 5.41) is 10.7. The van der Waals surface area contributed by atoms with Crippen molar-refractivity contribution in [1.82, 2.24) is 0 Å². The lowest BCUT2D eigenvalue weighted by atomic mass is 10.1. The fraction of sp³-hybridized carbons (Fsp3) is 0.765. The number of unbranched alkanes of at least 4 members (excludes halogenated alkanes) is 36. The molecular weight excluding hydrogens is 1350 g/mol. The van der Waals surface area contributed by atoms with Crippen LogP contribution in [-0.2, 0) is 65.4 Å². The number of ether oxygens (including phenoxy) is 4. The number of carbonyl (C=O) groups is 4. The number of esters is 4. The molecule has 0 bridgehead atoms. The third kappa shape index (κ3) is 76.2. The van der Waals surface area contributed by atoms with Gasteiger partial charge in [0.05, 0.1) is 26.4 Å². The molecule has 0 aromatic carbocycles. The van der Waals surface area contributed by atoms with E-state index in [1.54, 1.807) is 0 Å². The molecule has 17 nitrogen and oxygen atoms in total. The first-order chi connectivity index (χ1) is 50.7. The molecule has 0 saturated carbocycles. The molecule has 0 rings (SSSR count). The summed E-state index contributed by atoms with van der Waals surface area (Å²) >= 11 is 0. The molecule has 0 amide bonds. The van der Waals surface area contributed by atoms with Gasteiger partial charge in [-0.05, 0) is 148 Å². The summed E-state index contributed by atoms with van der Waals surface area (Å²) in [7, 11) is -9.97. The van der Waals surface area contributed by atoms with Gasteiger partial charge in [-0.3, -0.25) is 37.3 Å². The second-order valence-corrected chi connectivity index (χ2v) is 30.6. The standard InChI is InChI=1S/C85H150O17P2/c1-5-9-13-17-21-25-29-33-37-38-39-40-44-46-50-54-58-62-66-70-83(88)96-76-81(102-85(90)72-68-64-60-56-52-48-43-36-32-28-24-20-16-12-8-4)78-100-104(93,94)98-74-79(86)73-97-103(91,92)99-77-80(101-84(89)71-67-63-59-55-51-47-42-35-31-27-23-19-15-11-7-3)75-95-82(87)69-65-61-57-53-49-45-41-34-30-26-22-18-14-10-6-2/h9,13,21,25-28,30-33,37,39-40,46,50,79-81,86H,5-8,10-12,14-20,22-24,29,34-36,38,41-45,47-49,51-78H2,1-4H3,(H,91,92)(H,93,94)/b13-9-,25-21-,30-26-,31-27-,32-28-,37-33-,40-39-,50-46-/t79-,80+,81+/m0/s1. The van der Waals surface area contributed by atoms with Gasteiger partial charge in [0.15, 0.2) is 12.2 Å². The first kappa shape index (κ1) is 100.0. The summed E-state index contributed by atoms with van der Waals surface area (Å²) in [6.45, 7) is 4.73. The molecule has 0 fully saturated rings. The topological polar surface area (TPSA) is 237 Å². The number of rotatable bonds is 78. The van der Waals surface area contributed by atoms with Gasteiger partial charge in [0.2, 0.25) is 0 Å². The molecule has 3 N–H and O–H groups in total. The van der Waals surface area contributed by atoms with Crippen LogP contribution in [-0.4, -0.2) is 96.7 Å². The highest BCUT2D eigenvalue weighted by Crippen LogP contribution is 2.45. The van der Waals surface area contributed by atoms with Crippen LogP contribution in [0, 0.1) is 0 Å². The van der Waals surface area contributed by atoms with Crippen molar-refractivity contribution >= 4 is 39.5 Å². The average molecular weight is 1510 g/mol. The van der Waals surface area contributed by atoms with Gasteiger partial charge >= 0.3 is 39.5 Å². The van der Waals surface area contributed by atoms with Crippen LogP contribution in [0.4, 0.5) is 0 Å². The molecule has 0 heterocycles. The highest BCUT2D eigenvalue weighted by atomic mass is 31.2. The van der Waals surface area contributed by atoms with E-state index in [1.165, 1.54) is 89.9 Å². The first-order valence-corrected chi connectivity index (χ1v) is 44.5. The fourth-order valence-corrected chi connectivity index (χ4v) is 12.8. The number of phosphoric ester groups is 2. The van der Waals surface area contributed by atoms with E-state index < -0.39 is 97.5 Å². The predicted molar refractivity (Wildman–Crippen MR) is 427 cm³/mol. The van der Waals surface area contributed by atoms with Crippen LogP contribution in [0.25, 0.3) is 0 Å². The van der Waals surface area contributed by atoms with Gasteiger partial charge in [-0.15, -0.1) is 0 Å². The van der Waals surface area contributed by atoms with Crippen LogP contribution in [0.2, 0.25) is 0 Å². The second-order valence-electron chi connectivity index (χ2n) is 27.7. The van der Waals surface area contributed by atoms with Crippen molar-refractivity contribution in [3.05, 3.63) is 97.2 Å². The molecule has 0 radical (unpaired) electrons. The van der Waals surface area contributed by atoms with Crippen LogP contribution < -0.4 is 0 Å². The molecule has 5 atom stereocenters. The normalized spacial score (nSPS) is 14.3. The van der Waals surface area contributed by atoms with Gasteiger partial charge < -0.3 is 33.8 Å². The Bertz CT molecular complexity index is 2350. The molecule has 0 aliphatic rings. The van der Waals surface area contributed by atoms with Crippen molar-refractivity contribution in [2.75, 3.05) is 39.6 Å². The number of phosphoric acid groups is 2. The maximum Gasteiger partial charge on any atom is 0.472 e. The number of carbonyl (C=O) groups excluding carboxylic acids is 4. The van der Waals surface area contributed by atoms with Crippen LogP contribution in [0.1, 0.15) is 362 Å². The van der Waals surface area contributed by atoms with Gasteiger partial charge in [-0.2, -0.15) is 0 Å². The quantitative estimate of drug-likeness (QED) is 0.0169. The van der Waals surface area contributed by atoms with Crippen molar-refractivity contribution in [3.8, 4) is 0 Å². The van der Waals surface area contributed by atoms with Gasteiger partial charge in [-0.1, -0.05) is 285 Å². The van der Waals surface area contributed by atoms with Crippen LogP contribution in [0.3, 0.4) is 0 Å². The third-order valence-electron chi connectivity index (χ3n) is 17.5. The fourth-order valence-electron chi connectivity index (χ4n) is 11.2. The van der Waals surface area contributed by atoms with Gasteiger partial charge in [0, 0.05) is 25.7 Å². The van der Waals surface area contributed by atoms with Crippen molar-refractivity contribution in [1.29, 1.82) is 0 Å². The van der Waals surface area contributed by atoms with E-state index >= 15 is 0 Å². The monoisotopic (exact) mass is 1510 g/mol. The Kier molecular flexibility index (Phi) is 74.2. The van der Waals surface area contributed by atoms with E-state index in [2.05, 4.69) is 125 Å². The molecule has 104 heavy (non-hydrogen) atoms. The zero-order valence-corrected chi connectivity index (χ0v) is 67.7. The Morgan fingerprint density at radius 3 is 0.788 bits per heavy atom. The van der Waals surface area contributed by atoms with Crippen LogP contribution >= 0.6 is 15.6 Å². The number of hydrogen-bond donors (Lipinski definition) is 3. The molecule has 0 aromatic rings. The van der Waals surface area contributed by atoms with E-state index in [0.29, 0.717) is 25.7 Å². The first-order valence-electron chi connectivity index (χ1n) is 41.5. The lowest BCUT2D eigenvalue weighted by Crippen LogP contribution is -2.30.